The van der Waals surface area contributed by atoms with Gasteiger partial charge in [-0.3, -0.25) is 14.9 Å². The van der Waals surface area contributed by atoms with E-state index in [1.54, 1.807) is 19.1 Å². The Morgan fingerprint density at radius 1 is 1.24 bits per heavy atom. The molecule has 2 aromatic heterocycles. The molecule has 1 amide bonds. The number of benzene rings is 1. The Labute approximate surface area is 145 Å². The second-order valence-corrected chi connectivity index (χ2v) is 5.87. The summed E-state index contributed by atoms with van der Waals surface area (Å²) in [4.78, 5) is 16.7. The lowest BCUT2D eigenvalue weighted by atomic mass is 10.1. The van der Waals surface area contributed by atoms with Crippen molar-refractivity contribution < 1.29 is 9.90 Å². The minimum absolute atomic E-state index is 0.242. The molecule has 1 unspecified atom stereocenters. The third kappa shape index (κ3) is 3.92. The van der Waals surface area contributed by atoms with Gasteiger partial charge in [0.25, 0.3) is 5.91 Å². The summed E-state index contributed by atoms with van der Waals surface area (Å²) < 4.78 is 0. The minimum Gasteiger partial charge on any atom is -0.389 e. The summed E-state index contributed by atoms with van der Waals surface area (Å²) >= 11 is 0. The van der Waals surface area contributed by atoms with E-state index >= 15 is 0 Å². The number of nitrogens with zero attached hydrogens (tertiary/aromatic N) is 2. The summed E-state index contributed by atoms with van der Waals surface area (Å²) in [6.45, 7) is 3.85. The summed E-state index contributed by atoms with van der Waals surface area (Å²) in [6.07, 6.45) is -0.558. The molecule has 0 bridgehead atoms. The van der Waals surface area contributed by atoms with Crippen LogP contribution in [0.1, 0.15) is 40.5 Å². The Hall–Kier alpha value is -2.99. The fourth-order valence-corrected chi connectivity index (χ4v) is 2.62. The van der Waals surface area contributed by atoms with Crippen LogP contribution in [0.4, 0.5) is 0 Å². The normalized spacial score (nSPS) is 12.0. The number of H-pyrrole nitrogens is 1. The predicted molar refractivity (Wildman–Crippen MR) is 94.8 cm³/mol. The molecule has 6 heteroatoms. The van der Waals surface area contributed by atoms with Crippen molar-refractivity contribution in [1.29, 1.82) is 0 Å². The van der Waals surface area contributed by atoms with Gasteiger partial charge in [0, 0.05) is 16.8 Å². The van der Waals surface area contributed by atoms with Gasteiger partial charge >= 0.3 is 0 Å². The van der Waals surface area contributed by atoms with Crippen LogP contribution in [0.2, 0.25) is 0 Å². The van der Waals surface area contributed by atoms with Gasteiger partial charge in [-0.05, 0) is 26.0 Å². The maximum atomic E-state index is 12.3. The number of aryl methyl sites for hydroxylation is 1. The Kier molecular flexibility index (Phi) is 4.90. The lowest BCUT2D eigenvalue weighted by molar-refractivity contribution is 0.0945. The zero-order chi connectivity index (χ0) is 17.8. The second-order valence-electron chi connectivity index (χ2n) is 5.87. The van der Waals surface area contributed by atoms with Gasteiger partial charge in [-0.25, -0.2) is 0 Å². The molecule has 0 aliphatic heterocycles. The number of amides is 1. The molecule has 3 rings (SSSR count). The van der Waals surface area contributed by atoms with Crippen LogP contribution in [0.15, 0.2) is 48.5 Å². The van der Waals surface area contributed by atoms with E-state index in [9.17, 15) is 9.90 Å². The Morgan fingerprint density at radius 2 is 2.00 bits per heavy atom. The van der Waals surface area contributed by atoms with Gasteiger partial charge < -0.3 is 10.4 Å². The van der Waals surface area contributed by atoms with E-state index < -0.39 is 6.10 Å². The molecule has 3 aromatic rings. The monoisotopic (exact) mass is 336 g/mol. The highest BCUT2D eigenvalue weighted by Crippen LogP contribution is 2.17. The number of aliphatic hydroxyl groups excluding tert-OH is 1. The molecule has 6 nitrogen and oxygen atoms in total. The van der Waals surface area contributed by atoms with Gasteiger partial charge in [-0.2, -0.15) is 5.10 Å². The highest BCUT2D eigenvalue weighted by atomic mass is 16.3. The van der Waals surface area contributed by atoms with Gasteiger partial charge in [0.1, 0.15) is 5.69 Å². The average molecular weight is 336 g/mol. The average Bonchev–Trinajstić information content (AvgIpc) is 3.10. The summed E-state index contributed by atoms with van der Waals surface area (Å²) in [5.74, 6) is -0.242. The largest absolute Gasteiger partial charge is 0.389 e. The SMILES string of the molecule is Cc1nc(CNC(=O)c2cc(-c3ccccc3)n[nH]2)ccc1C(C)O. The van der Waals surface area contributed by atoms with Crippen LogP contribution in [0.25, 0.3) is 11.3 Å². The third-order valence-corrected chi connectivity index (χ3v) is 3.96. The quantitative estimate of drug-likeness (QED) is 0.668. The van der Waals surface area contributed by atoms with Crippen molar-refractivity contribution in [2.75, 3.05) is 0 Å². The second kappa shape index (κ2) is 7.27. The fraction of sp³-hybridized carbons (Fsp3) is 0.211. The Morgan fingerprint density at radius 3 is 2.68 bits per heavy atom. The first-order chi connectivity index (χ1) is 12.0. The van der Waals surface area contributed by atoms with E-state index in [2.05, 4.69) is 20.5 Å². The van der Waals surface area contributed by atoms with E-state index in [-0.39, 0.29) is 5.91 Å². The zero-order valence-electron chi connectivity index (χ0n) is 14.2. The standard InChI is InChI=1S/C19H20N4O2/c1-12-16(13(2)24)9-8-15(21-12)11-20-19(25)18-10-17(22-23-18)14-6-4-3-5-7-14/h3-10,13,24H,11H2,1-2H3,(H,20,25)(H,22,23). The van der Waals surface area contributed by atoms with E-state index in [0.717, 1.165) is 28.2 Å². The lowest BCUT2D eigenvalue weighted by Crippen LogP contribution is -2.23. The summed E-state index contributed by atoms with van der Waals surface area (Å²) in [5, 5.41) is 19.4. The maximum Gasteiger partial charge on any atom is 0.269 e. The zero-order valence-corrected chi connectivity index (χ0v) is 14.2. The fourth-order valence-electron chi connectivity index (χ4n) is 2.62. The van der Waals surface area contributed by atoms with E-state index in [1.165, 1.54) is 0 Å². The van der Waals surface area contributed by atoms with E-state index in [4.69, 9.17) is 0 Å². The van der Waals surface area contributed by atoms with Crippen LogP contribution in [0.5, 0.6) is 0 Å². The minimum atomic E-state index is -0.558. The number of hydrogen-bond donors (Lipinski definition) is 3. The highest BCUT2D eigenvalue weighted by molar-refractivity contribution is 5.93. The van der Waals surface area contributed by atoms with Gasteiger partial charge in [0.05, 0.1) is 24.0 Å². The number of aliphatic hydroxyl groups is 1. The number of carbonyl (C=O) groups excluding carboxylic acids is 1. The first kappa shape index (κ1) is 16.9. The van der Waals surface area contributed by atoms with E-state index in [1.807, 2.05) is 43.3 Å². The predicted octanol–water partition coefficient (Wildman–Crippen LogP) is 2.76. The van der Waals surface area contributed by atoms with Crippen molar-refractivity contribution >= 4 is 5.91 Å². The van der Waals surface area contributed by atoms with Gasteiger partial charge in [0.15, 0.2) is 0 Å². The number of nitrogens with one attached hydrogen (secondary N) is 2. The molecule has 128 valence electrons. The molecule has 0 aliphatic rings. The molecule has 0 saturated carbocycles. The molecule has 1 aromatic carbocycles. The van der Waals surface area contributed by atoms with E-state index in [0.29, 0.717) is 12.2 Å². The van der Waals surface area contributed by atoms with Crippen LogP contribution in [0, 0.1) is 6.92 Å². The lowest BCUT2D eigenvalue weighted by Gasteiger charge is -2.10. The Bertz CT molecular complexity index is 872. The number of rotatable bonds is 5. The molecule has 2 heterocycles. The van der Waals surface area contributed by atoms with Crippen molar-refractivity contribution in [3.05, 3.63) is 71.2 Å². The molecule has 3 N–H and O–H groups in total. The molecule has 1 atom stereocenters. The van der Waals surface area contributed by atoms with Crippen LogP contribution in [0.3, 0.4) is 0 Å². The molecule has 0 fully saturated rings. The molecule has 0 saturated heterocycles. The summed E-state index contributed by atoms with van der Waals surface area (Å²) in [6, 6.07) is 15.0. The summed E-state index contributed by atoms with van der Waals surface area (Å²) in [5.41, 5.74) is 4.35. The first-order valence-corrected chi connectivity index (χ1v) is 8.08. The molecule has 0 radical (unpaired) electrons. The Balaban J connectivity index is 1.65. The van der Waals surface area contributed by atoms with Crippen LogP contribution in [-0.4, -0.2) is 26.2 Å². The molecule has 0 spiro atoms. The van der Waals surface area contributed by atoms with Crippen molar-refractivity contribution in [3.63, 3.8) is 0 Å². The van der Waals surface area contributed by atoms with Crippen molar-refractivity contribution in [2.24, 2.45) is 0 Å². The van der Waals surface area contributed by atoms with Crippen molar-refractivity contribution in [1.82, 2.24) is 20.5 Å². The third-order valence-electron chi connectivity index (χ3n) is 3.96. The van der Waals surface area contributed by atoms with Gasteiger partial charge in [-0.1, -0.05) is 36.4 Å². The maximum absolute atomic E-state index is 12.3. The molecule has 0 aliphatic carbocycles. The smallest absolute Gasteiger partial charge is 0.269 e. The summed E-state index contributed by atoms with van der Waals surface area (Å²) in [7, 11) is 0. The van der Waals surface area contributed by atoms with Crippen LogP contribution < -0.4 is 5.32 Å². The molecular weight excluding hydrogens is 316 g/mol. The topological polar surface area (TPSA) is 90.9 Å². The number of aromatic amines is 1. The highest BCUT2D eigenvalue weighted by Gasteiger charge is 2.12. The number of hydrogen-bond acceptors (Lipinski definition) is 4. The number of aromatic nitrogens is 3. The van der Waals surface area contributed by atoms with Crippen molar-refractivity contribution in [3.8, 4) is 11.3 Å². The van der Waals surface area contributed by atoms with Crippen LogP contribution >= 0.6 is 0 Å². The van der Waals surface area contributed by atoms with Crippen molar-refractivity contribution in [2.45, 2.75) is 26.5 Å². The number of carbonyl (C=O) groups is 1. The van der Waals surface area contributed by atoms with Crippen LogP contribution in [-0.2, 0) is 6.54 Å². The first-order valence-electron chi connectivity index (χ1n) is 8.08. The molecular formula is C19H20N4O2. The van der Waals surface area contributed by atoms with Gasteiger partial charge in [-0.15, -0.1) is 0 Å². The number of pyridine rings is 1. The molecule has 25 heavy (non-hydrogen) atoms. The van der Waals surface area contributed by atoms with Gasteiger partial charge in [0.2, 0.25) is 0 Å².